The molecule has 2 amide bonds. The molecule has 0 unspecified atom stereocenters. The Bertz CT molecular complexity index is 947. The van der Waals surface area contributed by atoms with Gasteiger partial charge in [0.1, 0.15) is 17.6 Å². The fourth-order valence-electron chi connectivity index (χ4n) is 4.89. The summed E-state index contributed by atoms with van der Waals surface area (Å²) in [6, 6.07) is 12.5. The molecule has 5 rings (SSSR count). The molecule has 0 spiro atoms. The molecule has 29 heavy (non-hydrogen) atoms. The first-order valence-corrected chi connectivity index (χ1v) is 9.99. The van der Waals surface area contributed by atoms with E-state index in [1.54, 1.807) is 36.4 Å². The Morgan fingerprint density at radius 1 is 0.931 bits per heavy atom. The smallest absolute Gasteiger partial charge is 0.253 e. The Labute approximate surface area is 168 Å². The van der Waals surface area contributed by atoms with Gasteiger partial charge in [0.05, 0.1) is 24.3 Å². The van der Waals surface area contributed by atoms with Crippen molar-refractivity contribution < 1.29 is 18.7 Å². The number of ether oxygens (including phenoxy) is 1. The Morgan fingerprint density at radius 2 is 1.59 bits per heavy atom. The lowest BCUT2D eigenvalue weighted by Crippen LogP contribution is -2.44. The van der Waals surface area contributed by atoms with Gasteiger partial charge in [-0.15, -0.1) is 0 Å². The zero-order valence-electron chi connectivity index (χ0n) is 16.1. The number of anilines is 1. The highest BCUT2D eigenvalue weighted by atomic mass is 19.1. The van der Waals surface area contributed by atoms with Crippen LogP contribution in [-0.4, -0.2) is 47.6 Å². The molecule has 3 fully saturated rings. The summed E-state index contributed by atoms with van der Waals surface area (Å²) in [4.78, 5) is 28.1. The average Bonchev–Trinajstić information content (AvgIpc) is 3.36. The highest BCUT2D eigenvalue weighted by Gasteiger charge is 2.62. The molecule has 0 bridgehead atoms. The fraction of sp³-hybridized carbons (Fsp3) is 0.364. The minimum atomic E-state index is -0.508. The maximum absolute atomic E-state index is 13.5. The van der Waals surface area contributed by atoms with Gasteiger partial charge in [-0.2, -0.15) is 0 Å². The van der Waals surface area contributed by atoms with E-state index in [2.05, 4.69) is 5.01 Å². The van der Waals surface area contributed by atoms with Crippen LogP contribution in [0.4, 0.5) is 10.1 Å². The van der Waals surface area contributed by atoms with Crippen molar-refractivity contribution in [2.75, 3.05) is 24.6 Å². The summed E-state index contributed by atoms with van der Waals surface area (Å²) in [5, 5.41) is 4.15. The van der Waals surface area contributed by atoms with Gasteiger partial charge in [0, 0.05) is 13.1 Å². The first kappa shape index (κ1) is 18.3. The lowest BCUT2D eigenvalue weighted by Gasteiger charge is -2.29. The molecule has 7 heteroatoms. The van der Waals surface area contributed by atoms with Crippen LogP contribution in [0.3, 0.4) is 0 Å². The van der Waals surface area contributed by atoms with Gasteiger partial charge in [-0.25, -0.2) is 19.3 Å². The maximum Gasteiger partial charge on any atom is 0.253 e. The molecule has 0 saturated carbocycles. The summed E-state index contributed by atoms with van der Waals surface area (Å²) < 4.78 is 18.9. The number of halogens is 1. The van der Waals surface area contributed by atoms with Crippen molar-refractivity contribution in [2.45, 2.75) is 25.4 Å². The molecular formula is C22H22FN3O3. The lowest BCUT2D eigenvalue weighted by molar-refractivity contribution is -0.126. The van der Waals surface area contributed by atoms with Crippen LogP contribution in [0.1, 0.15) is 24.9 Å². The van der Waals surface area contributed by atoms with Crippen molar-refractivity contribution >= 4 is 17.5 Å². The van der Waals surface area contributed by atoms with E-state index in [9.17, 15) is 14.0 Å². The third kappa shape index (κ3) is 2.76. The zero-order valence-corrected chi connectivity index (χ0v) is 16.1. The number of amides is 2. The van der Waals surface area contributed by atoms with E-state index < -0.39 is 12.0 Å². The second-order valence-corrected chi connectivity index (χ2v) is 7.59. The number of hydrazine groups is 1. The fourth-order valence-corrected chi connectivity index (χ4v) is 4.89. The molecule has 0 aliphatic carbocycles. The predicted octanol–water partition coefficient (Wildman–Crippen LogP) is 2.76. The molecule has 3 saturated heterocycles. The highest BCUT2D eigenvalue weighted by molar-refractivity contribution is 6.24. The standard InChI is InChI=1S/C22H22FN3O3/c1-2-29-17-10-8-16(9-11-17)26-21(27)18-19(14-4-6-15(23)7-5-14)24-12-3-13-25(24)20(18)22(26)28/h4-11,18-20H,2-3,12-13H2,1H3/t18-,19+,20+/m0/s1. The molecule has 3 aliphatic heterocycles. The first-order chi connectivity index (χ1) is 14.1. The minimum absolute atomic E-state index is 0.194. The summed E-state index contributed by atoms with van der Waals surface area (Å²) in [5.41, 5.74) is 1.42. The van der Waals surface area contributed by atoms with Crippen LogP contribution in [0.5, 0.6) is 5.75 Å². The van der Waals surface area contributed by atoms with E-state index in [1.165, 1.54) is 17.0 Å². The molecule has 0 aromatic heterocycles. The number of rotatable bonds is 4. The molecule has 2 aromatic rings. The second-order valence-electron chi connectivity index (χ2n) is 7.59. The number of nitrogens with zero attached hydrogens (tertiary/aromatic N) is 3. The summed E-state index contributed by atoms with van der Waals surface area (Å²) >= 11 is 0. The normalized spacial score (nSPS) is 26.8. The van der Waals surface area contributed by atoms with Gasteiger partial charge in [-0.1, -0.05) is 12.1 Å². The molecule has 0 N–H and O–H groups in total. The number of hydrogen-bond acceptors (Lipinski definition) is 5. The van der Waals surface area contributed by atoms with Crippen LogP contribution in [0.2, 0.25) is 0 Å². The van der Waals surface area contributed by atoms with Crippen molar-refractivity contribution in [3.8, 4) is 5.75 Å². The third-order valence-electron chi connectivity index (χ3n) is 6.02. The van der Waals surface area contributed by atoms with Crippen molar-refractivity contribution in [1.29, 1.82) is 0 Å². The van der Waals surface area contributed by atoms with Crippen LogP contribution in [-0.2, 0) is 9.59 Å². The molecule has 6 nitrogen and oxygen atoms in total. The number of imide groups is 1. The summed E-state index contributed by atoms with van der Waals surface area (Å²) in [5.74, 6) is -0.509. The van der Waals surface area contributed by atoms with Crippen molar-refractivity contribution in [1.82, 2.24) is 10.0 Å². The zero-order chi connectivity index (χ0) is 20.1. The van der Waals surface area contributed by atoms with Gasteiger partial charge in [0.15, 0.2) is 0 Å². The Balaban J connectivity index is 1.51. The third-order valence-corrected chi connectivity index (χ3v) is 6.02. The van der Waals surface area contributed by atoms with E-state index in [1.807, 2.05) is 11.9 Å². The number of benzene rings is 2. The summed E-state index contributed by atoms with van der Waals surface area (Å²) in [6.07, 6.45) is 0.936. The van der Waals surface area contributed by atoms with Gasteiger partial charge in [-0.05, 0) is 55.3 Å². The van der Waals surface area contributed by atoms with Crippen molar-refractivity contribution in [3.63, 3.8) is 0 Å². The quantitative estimate of drug-likeness (QED) is 0.746. The molecular weight excluding hydrogens is 373 g/mol. The van der Waals surface area contributed by atoms with Gasteiger partial charge in [-0.3, -0.25) is 9.59 Å². The van der Waals surface area contributed by atoms with Crippen LogP contribution >= 0.6 is 0 Å². The topological polar surface area (TPSA) is 53.1 Å². The first-order valence-electron chi connectivity index (χ1n) is 9.99. The van der Waals surface area contributed by atoms with E-state index in [-0.39, 0.29) is 23.7 Å². The molecule has 0 radical (unpaired) electrons. The van der Waals surface area contributed by atoms with Gasteiger partial charge in [0.25, 0.3) is 5.91 Å². The largest absolute Gasteiger partial charge is 0.494 e. The highest BCUT2D eigenvalue weighted by Crippen LogP contribution is 2.48. The van der Waals surface area contributed by atoms with Crippen LogP contribution in [0.15, 0.2) is 48.5 Å². The molecule has 3 aliphatic rings. The number of fused-ring (bicyclic) bond motifs is 3. The Kier molecular flexibility index (Phi) is 4.37. The molecule has 3 atom stereocenters. The van der Waals surface area contributed by atoms with E-state index in [0.29, 0.717) is 18.0 Å². The summed E-state index contributed by atoms with van der Waals surface area (Å²) in [7, 11) is 0. The van der Waals surface area contributed by atoms with Crippen molar-refractivity contribution in [2.24, 2.45) is 5.92 Å². The molecule has 3 heterocycles. The minimum Gasteiger partial charge on any atom is -0.494 e. The van der Waals surface area contributed by atoms with E-state index in [0.717, 1.165) is 25.1 Å². The Hall–Kier alpha value is -2.77. The number of carbonyl (C=O) groups is 2. The average molecular weight is 395 g/mol. The second kappa shape index (κ2) is 6.93. The van der Waals surface area contributed by atoms with Gasteiger partial charge >= 0.3 is 0 Å². The predicted molar refractivity (Wildman–Crippen MR) is 105 cm³/mol. The van der Waals surface area contributed by atoms with Crippen LogP contribution in [0, 0.1) is 11.7 Å². The van der Waals surface area contributed by atoms with E-state index in [4.69, 9.17) is 4.74 Å². The maximum atomic E-state index is 13.5. The van der Waals surface area contributed by atoms with Crippen molar-refractivity contribution in [3.05, 3.63) is 59.9 Å². The van der Waals surface area contributed by atoms with Crippen LogP contribution < -0.4 is 9.64 Å². The molecule has 2 aromatic carbocycles. The summed E-state index contributed by atoms with van der Waals surface area (Å²) in [6.45, 7) is 3.99. The number of carbonyl (C=O) groups excluding carboxylic acids is 2. The number of hydrogen-bond donors (Lipinski definition) is 0. The van der Waals surface area contributed by atoms with Crippen LogP contribution in [0.25, 0.3) is 0 Å². The van der Waals surface area contributed by atoms with Gasteiger partial charge < -0.3 is 4.74 Å². The van der Waals surface area contributed by atoms with Gasteiger partial charge in [0.2, 0.25) is 5.91 Å². The SMILES string of the molecule is CCOc1ccc(N2C(=O)[C@H]3[C@@H](c4ccc(F)cc4)N4CCCN4[C@H]3C2=O)cc1. The Morgan fingerprint density at radius 3 is 2.24 bits per heavy atom. The molecule has 150 valence electrons. The monoisotopic (exact) mass is 395 g/mol. The lowest BCUT2D eigenvalue weighted by atomic mass is 9.90. The van der Waals surface area contributed by atoms with E-state index >= 15 is 0 Å².